The predicted molar refractivity (Wildman–Crippen MR) is 135 cm³/mol. The van der Waals surface area contributed by atoms with Crippen molar-refractivity contribution in [3.8, 4) is 11.5 Å². The molecule has 11 heteroatoms. The Hall–Kier alpha value is -4.38. The molecule has 1 aliphatic rings. The van der Waals surface area contributed by atoms with Crippen LogP contribution in [0.3, 0.4) is 0 Å². The molecule has 0 radical (unpaired) electrons. The highest BCUT2D eigenvalue weighted by molar-refractivity contribution is 5.88. The van der Waals surface area contributed by atoms with Crippen LogP contribution in [0.1, 0.15) is 5.56 Å². The molecule has 2 aromatic carbocycles. The molecule has 0 bridgehead atoms. The number of ether oxygens (including phenoxy) is 1. The normalized spacial score (nSPS) is 14.5. The molecule has 1 aliphatic heterocycles. The van der Waals surface area contributed by atoms with Gasteiger partial charge in [0.25, 0.3) is 0 Å². The lowest BCUT2D eigenvalue weighted by atomic mass is 10.1. The van der Waals surface area contributed by atoms with E-state index >= 15 is 4.39 Å². The summed E-state index contributed by atoms with van der Waals surface area (Å²) >= 11 is 0. The van der Waals surface area contributed by atoms with Gasteiger partial charge < -0.3 is 19.9 Å². The zero-order valence-electron chi connectivity index (χ0n) is 19.9. The van der Waals surface area contributed by atoms with Crippen LogP contribution in [0.15, 0.2) is 48.8 Å². The number of anilines is 3. The van der Waals surface area contributed by atoms with E-state index in [9.17, 15) is 0 Å². The monoisotopic (exact) mass is 485 g/mol. The molecule has 182 valence electrons. The average Bonchev–Trinajstić information content (AvgIpc) is 3.37. The van der Waals surface area contributed by atoms with Crippen LogP contribution in [0.4, 0.5) is 21.7 Å². The summed E-state index contributed by atoms with van der Waals surface area (Å²) in [4.78, 5) is 18.0. The van der Waals surface area contributed by atoms with Crippen molar-refractivity contribution in [2.75, 3.05) is 43.4 Å². The van der Waals surface area contributed by atoms with Crippen molar-refractivity contribution < 1.29 is 9.13 Å². The summed E-state index contributed by atoms with van der Waals surface area (Å²) in [6.45, 7) is 5.41. The summed E-state index contributed by atoms with van der Waals surface area (Å²) in [5.74, 6) is 1.82. The topological polar surface area (TPSA) is 108 Å². The third-order valence-electron chi connectivity index (χ3n) is 6.40. The van der Waals surface area contributed by atoms with Crippen LogP contribution in [-0.2, 0) is 0 Å². The van der Waals surface area contributed by atoms with Gasteiger partial charge in [-0.25, -0.2) is 19.3 Å². The van der Waals surface area contributed by atoms with Gasteiger partial charge in [0, 0.05) is 37.8 Å². The minimum atomic E-state index is -0.433. The molecule has 0 spiro atoms. The van der Waals surface area contributed by atoms with E-state index in [0.29, 0.717) is 39.4 Å². The minimum absolute atomic E-state index is 0.276. The number of aromatic amines is 1. The van der Waals surface area contributed by atoms with Crippen molar-refractivity contribution >= 4 is 39.4 Å². The smallest absolute Gasteiger partial charge is 0.160 e. The SMILES string of the molecule is Cc1c(Oc2ccc3n[nH]nc3c2)ccc(Nc2ncnc3ccc(N4CCN(C)CC4)nc23)c1F. The molecular formula is C25H24FN9O. The molecule has 3 aromatic heterocycles. The van der Waals surface area contributed by atoms with E-state index in [1.807, 2.05) is 12.1 Å². The Bertz CT molecular complexity index is 1560. The van der Waals surface area contributed by atoms with Crippen LogP contribution in [0, 0.1) is 12.7 Å². The first-order valence-electron chi connectivity index (χ1n) is 11.6. The van der Waals surface area contributed by atoms with Crippen LogP contribution in [0.2, 0.25) is 0 Å². The van der Waals surface area contributed by atoms with E-state index < -0.39 is 5.82 Å². The number of H-pyrrole nitrogens is 1. The quantitative estimate of drug-likeness (QED) is 0.381. The second-order valence-corrected chi connectivity index (χ2v) is 8.80. The second kappa shape index (κ2) is 9.00. The maximum absolute atomic E-state index is 15.4. The Kier molecular flexibility index (Phi) is 5.53. The average molecular weight is 486 g/mol. The van der Waals surface area contributed by atoms with Gasteiger partial charge >= 0.3 is 0 Å². The Balaban J connectivity index is 1.28. The number of nitrogens with zero attached hydrogens (tertiary/aromatic N) is 7. The first-order valence-corrected chi connectivity index (χ1v) is 11.6. The highest BCUT2D eigenvalue weighted by atomic mass is 19.1. The van der Waals surface area contributed by atoms with Crippen molar-refractivity contribution in [3.05, 3.63) is 60.2 Å². The van der Waals surface area contributed by atoms with Crippen LogP contribution in [-0.4, -0.2) is 68.5 Å². The molecule has 1 saturated heterocycles. The lowest BCUT2D eigenvalue weighted by Crippen LogP contribution is -2.44. The standard InChI is InChI=1S/C25H24FN9O/c1-15-21(36-16-3-4-17-20(13-16)32-33-31-17)7-5-18(23(15)26)29-25-24-19(27-14-28-25)6-8-22(30-24)35-11-9-34(2)10-12-35/h3-8,13-14H,9-12H2,1-2H3,(H,27,28,29)(H,31,32,33). The highest BCUT2D eigenvalue weighted by Gasteiger charge is 2.18. The fraction of sp³-hybridized carbons (Fsp3) is 0.240. The number of hydrogen-bond acceptors (Lipinski definition) is 9. The van der Waals surface area contributed by atoms with E-state index in [4.69, 9.17) is 9.72 Å². The third kappa shape index (κ3) is 4.13. The van der Waals surface area contributed by atoms with Gasteiger partial charge in [0.05, 0.1) is 11.2 Å². The number of nitrogens with one attached hydrogen (secondary N) is 2. The first kappa shape index (κ1) is 22.1. The molecule has 4 heterocycles. The predicted octanol–water partition coefficient (Wildman–Crippen LogP) is 4.03. The molecule has 2 N–H and O–H groups in total. The van der Waals surface area contributed by atoms with E-state index in [2.05, 4.69) is 47.5 Å². The summed E-state index contributed by atoms with van der Waals surface area (Å²) in [7, 11) is 2.11. The van der Waals surface area contributed by atoms with Gasteiger partial charge in [-0.05, 0) is 50.4 Å². The van der Waals surface area contributed by atoms with Gasteiger partial charge in [-0.15, -0.1) is 0 Å². The molecule has 0 aliphatic carbocycles. The van der Waals surface area contributed by atoms with Crippen molar-refractivity contribution in [1.29, 1.82) is 0 Å². The zero-order valence-corrected chi connectivity index (χ0v) is 19.9. The summed E-state index contributed by atoms with van der Waals surface area (Å²) in [6, 6.07) is 12.6. The molecule has 0 saturated carbocycles. The molecule has 36 heavy (non-hydrogen) atoms. The van der Waals surface area contributed by atoms with E-state index in [-0.39, 0.29) is 5.69 Å². The molecule has 6 rings (SSSR count). The molecule has 0 amide bonds. The maximum atomic E-state index is 15.4. The number of hydrogen-bond donors (Lipinski definition) is 2. The largest absolute Gasteiger partial charge is 0.457 e. The molecule has 0 atom stereocenters. The van der Waals surface area contributed by atoms with Crippen molar-refractivity contribution in [1.82, 2.24) is 35.3 Å². The fourth-order valence-electron chi connectivity index (χ4n) is 4.25. The van der Waals surface area contributed by atoms with Gasteiger partial charge in [0.1, 0.15) is 40.2 Å². The number of piperazine rings is 1. The lowest BCUT2D eigenvalue weighted by Gasteiger charge is -2.33. The number of pyridine rings is 1. The van der Waals surface area contributed by atoms with E-state index in [0.717, 1.165) is 37.5 Å². The summed E-state index contributed by atoms with van der Waals surface area (Å²) in [5, 5.41) is 13.8. The Morgan fingerprint density at radius 3 is 2.61 bits per heavy atom. The first-order chi connectivity index (χ1) is 17.5. The number of benzene rings is 2. The van der Waals surface area contributed by atoms with Gasteiger partial charge in [-0.2, -0.15) is 15.4 Å². The zero-order chi connectivity index (χ0) is 24.6. The lowest BCUT2D eigenvalue weighted by molar-refractivity contribution is 0.312. The number of rotatable bonds is 5. The molecule has 1 fully saturated rings. The molecular weight excluding hydrogens is 461 g/mol. The van der Waals surface area contributed by atoms with Crippen molar-refractivity contribution in [2.24, 2.45) is 0 Å². The van der Waals surface area contributed by atoms with Crippen LogP contribution in [0.5, 0.6) is 11.5 Å². The molecule has 5 aromatic rings. The third-order valence-corrected chi connectivity index (χ3v) is 6.40. The van der Waals surface area contributed by atoms with E-state index in [1.165, 1.54) is 6.33 Å². The molecule has 0 unspecified atom stereocenters. The number of aromatic nitrogens is 6. The summed E-state index contributed by atoms with van der Waals surface area (Å²) < 4.78 is 21.4. The second-order valence-electron chi connectivity index (χ2n) is 8.80. The van der Waals surface area contributed by atoms with Gasteiger partial charge in [0.2, 0.25) is 0 Å². The van der Waals surface area contributed by atoms with Crippen LogP contribution < -0.4 is 15.0 Å². The summed E-state index contributed by atoms with van der Waals surface area (Å²) in [6.07, 6.45) is 1.45. The van der Waals surface area contributed by atoms with Gasteiger partial charge in [0.15, 0.2) is 11.6 Å². The van der Waals surface area contributed by atoms with Crippen molar-refractivity contribution in [3.63, 3.8) is 0 Å². The Morgan fingerprint density at radius 2 is 1.75 bits per heavy atom. The summed E-state index contributed by atoms with van der Waals surface area (Å²) in [5.41, 5.74) is 3.32. The van der Waals surface area contributed by atoms with E-state index in [1.54, 1.807) is 37.3 Å². The van der Waals surface area contributed by atoms with Gasteiger partial charge in [-0.3, -0.25) is 0 Å². The Labute approximate surface area is 206 Å². The molecule has 10 nitrogen and oxygen atoms in total. The van der Waals surface area contributed by atoms with Crippen molar-refractivity contribution in [2.45, 2.75) is 6.92 Å². The number of likely N-dealkylation sites (N-methyl/N-ethyl adjacent to an activating group) is 1. The highest BCUT2D eigenvalue weighted by Crippen LogP contribution is 2.33. The van der Waals surface area contributed by atoms with Gasteiger partial charge in [-0.1, -0.05) is 0 Å². The Morgan fingerprint density at radius 1 is 0.944 bits per heavy atom. The fourth-order valence-corrected chi connectivity index (χ4v) is 4.25. The minimum Gasteiger partial charge on any atom is -0.457 e. The number of halogens is 1. The maximum Gasteiger partial charge on any atom is 0.160 e. The van der Waals surface area contributed by atoms with Crippen LogP contribution in [0.25, 0.3) is 22.1 Å². The van der Waals surface area contributed by atoms with Crippen LogP contribution >= 0.6 is 0 Å². The number of fused-ring (bicyclic) bond motifs is 2.